The highest BCUT2D eigenvalue weighted by molar-refractivity contribution is 5.75. The van der Waals surface area contributed by atoms with E-state index in [9.17, 15) is 0 Å². The standard InChI is InChI=1S/C11H9N3/c1-8(10(6-12)7-13)9-3-2-4-11(14)5-9/h2-5H,14H2,1H3. The molecule has 0 radical (unpaired) electrons. The summed E-state index contributed by atoms with van der Waals surface area (Å²) < 4.78 is 0. The fourth-order valence-electron chi connectivity index (χ4n) is 1.11. The molecular weight excluding hydrogens is 174 g/mol. The van der Waals surface area contributed by atoms with Gasteiger partial charge in [-0.25, -0.2) is 0 Å². The Balaban J connectivity index is 3.27. The van der Waals surface area contributed by atoms with E-state index in [-0.39, 0.29) is 5.57 Å². The van der Waals surface area contributed by atoms with Gasteiger partial charge in [-0.05, 0) is 30.2 Å². The van der Waals surface area contributed by atoms with Crippen molar-refractivity contribution < 1.29 is 0 Å². The van der Waals surface area contributed by atoms with Crippen molar-refractivity contribution in [3.8, 4) is 12.1 Å². The van der Waals surface area contributed by atoms with Crippen molar-refractivity contribution in [1.82, 2.24) is 0 Å². The van der Waals surface area contributed by atoms with Crippen molar-refractivity contribution in [2.24, 2.45) is 0 Å². The average molecular weight is 183 g/mol. The molecule has 1 aromatic rings. The Hall–Kier alpha value is -2.26. The Kier molecular flexibility index (Phi) is 2.89. The van der Waals surface area contributed by atoms with E-state index in [0.717, 1.165) is 5.56 Å². The van der Waals surface area contributed by atoms with E-state index < -0.39 is 0 Å². The predicted octanol–water partition coefficient (Wildman–Crippen LogP) is 2.09. The van der Waals surface area contributed by atoms with Crippen LogP contribution in [0.1, 0.15) is 12.5 Å². The summed E-state index contributed by atoms with van der Waals surface area (Å²) in [4.78, 5) is 0. The molecule has 0 amide bonds. The van der Waals surface area contributed by atoms with Crippen LogP contribution in [-0.2, 0) is 0 Å². The van der Waals surface area contributed by atoms with Crippen molar-refractivity contribution in [3.05, 3.63) is 35.4 Å². The molecule has 1 rings (SSSR count). The lowest BCUT2D eigenvalue weighted by molar-refractivity contribution is 1.44. The van der Waals surface area contributed by atoms with Crippen LogP contribution in [0, 0.1) is 22.7 Å². The predicted molar refractivity (Wildman–Crippen MR) is 54.7 cm³/mol. The number of anilines is 1. The van der Waals surface area contributed by atoms with E-state index in [1.807, 2.05) is 18.2 Å². The minimum atomic E-state index is 0.121. The smallest absolute Gasteiger partial charge is 0.133 e. The van der Waals surface area contributed by atoms with Crippen LogP contribution in [-0.4, -0.2) is 0 Å². The first-order valence-electron chi connectivity index (χ1n) is 4.06. The lowest BCUT2D eigenvalue weighted by Crippen LogP contribution is -1.88. The number of allylic oxidation sites excluding steroid dienone is 2. The number of nitrogens with two attached hydrogens (primary N) is 1. The van der Waals surface area contributed by atoms with E-state index >= 15 is 0 Å². The third-order valence-corrected chi connectivity index (χ3v) is 1.92. The van der Waals surface area contributed by atoms with E-state index in [2.05, 4.69) is 0 Å². The second-order valence-electron chi connectivity index (χ2n) is 2.85. The molecule has 68 valence electrons. The summed E-state index contributed by atoms with van der Waals surface area (Å²) >= 11 is 0. The van der Waals surface area contributed by atoms with E-state index in [1.54, 1.807) is 25.1 Å². The van der Waals surface area contributed by atoms with E-state index in [1.165, 1.54) is 0 Å². The lowest BCUT2D eigenvalue weighted by atomic mass is 10.0. The van der Waals surface area contributed by atoms with Crippen molar-refractivity contribution in [2.75, 3.05) is 5.73 Å². The quantitative estimate of drug-likeness (QED) is 0.535. The Labute approximate surface area is 82.7 Å². The van der Waals surface area contributed by atoms with Gasteiger partial charge in [-0.2, -0.15) is 10.5 Å². The van der Waals surface area contributed by atoms with Crippen LogP contribution < -0.4 is 5.73 Å². The minimum Gasteiger partial charge on any atom is -0.399 e. The molecule has 0 aromatic heterocycles. The third kappa shape index (κ3) is 1.91. The molecule has 0 aliphatic heterocycles. The summed E-state index contributed by atoms with van der Waals surface area (Å²) in [5.41, 5.74) is 7.80. The fraction of sp³-hybridized carbons (Fsp3) is 0.0909. The van der Waals surface area contributed by atoms with Gasteiger partial charge in [0.05, 0.1) is 0 Å². The molecule has 0 saturated heterocycles. The van der Waals surface area contributed by atoms with Crippen LogP contribution in [0.4, 0.5) is 5.69 Å². The second kappa shape index (κ2) is 4.11. The molecule has 0 saturated carbocycles. The molecule has 0 unspecified atom stereocenters. The van der Waals surface area contributed by atoms with Crippen molar-refractivity contribution in [2.45, 2.75) is 6.92 Å². The monoisotopic (exact) mass is 183 g/mol. The zero-order chi connectivity index (χ0) is 10.6. The number of hydrogen-bond acceptors (Lipinski definition) is 3. The average Bonchev–Trinajstić information content (AvgIpc) is 2.19. The van der Waals surface area contributed by atoms with Crippen LogP contribution in [0.15, 0.2) is 29.8 Å². The number of benzene rings is 1. The van der Waals surface area contributed by atoms with Crippen LogP contribution >= 0.6 is 0 Å². The van der Waals surface area contributed by atoms with Crippen LogP contribution in [0.2, 0.25) is 0 Å². The summed E-state index contributed by atoms with van der Waals surface area (Å²) in [5.74, 6) is 0. The van der Waals surface area contributed by atoms with Gasteiger partial charge in [0.25, 0.3) is 0 Å². The normalized spacial score (nSPS) is 8.50. The van der Waals surface area contributed by atoms with Gasteiger partial charge in [0.2, 0.25) is 0 Å². The topological polar surface area (TPSA) is 73.6 Å². The first-order valence-corrected chi connectivity index (χ1v) is 4.06. The van der Waals surface area contributed by atoms with Gasteiger partial charge in [-0.15, -0.1) is 0 Å². The molecule has 0 atom stereocenters. The largest absolute Gasteiger partial charge is 0.399 e. The van der Waals surface area contributed by atoms with Gasteiger partial charge in [-0.1, -0.05) is 12.1 Å². The van der Waals surface area contributed by atoms with Gasteiger partial charge in [0.1, 0.15) is 17.7 Å². The van der Waals surface area contributed by atoms with Gasteiger partial charge in [-0.3, -0.25) is 0 Å². The second-order valence-corrected chi connectivity index (χ2v) is 2.85. The summed E-state index contributed by atoms with van der Waals surface area (Å²) in [6.07, 6.45) is 0. The molecule has 0 heterocycles. The first-order chi connectivity index (χ1) is 6.69. The van der Waals surface area contributed by atoms with Gasteiger partial charge < -0.3 is 5.73 Å². The minimum absolute atomic E-state index is 0.121. The first kappa shape index (κ1) is 9.83. The zero-order valence-electron chi connectivity index (χ0n) is 7.78. The molecule has 0 bridgehead atoms. The lowest BCUT2D eigenvalue weighted by Gasteiger charge is -2.01. The summed E-state index contributed by atoms with van der Waals surface area (Å²) in [5, 5.41) is 17.3. The Morgan fingerprint density at radius 1 is 1.29 bits per heavy atom. The number of nitriles is 2. The molecule has 0 fully saturated rings. The van der Waals surface area contributed by atoms with Crippen molar-refractivity contribution in [1.29, 1.82) is 10.5 Å². The Bertz CT molecular complexity index is 442. The molecule has 0 aliphatic rings. The zero-order valence-corrected chi connectivity index (χ0v) is 7.78. The van der Waals surface area contributed by atoms with Gasteiger partial charge in [0.15, 0.2) is 0 Å². The summed E-state index contributed by atoms with van der Waals surface area (Å²) in [6.45, 7) is 1.73. The maximum Gasteiger partial charge on any atom is 0.133 e. The highest BCUT2D eigenvalue weighted by atomic mass is 14.5. The number of nitrogens with zero attached hydrogens (tertiary/aromatic N) is 2. The molecule has 3 heteroatoms. The Morgan fingerprint density at radius 3 is 2.43 bits per heavy atom. The summed E-state index contributed by atoms with van der Waals surface area (Å²) in [6, 6.07) is 10.8. The molecule has 0 aliphatic carbocycles. The molecule has 0 spiro atoms. The molecule has 2 N–H and O–H groups in total. The number of rotatable bonds is 1. The fourth-order valence-corrected chi connectivity index (χ4v) is 1.11. The van der Waals surface area contributed by atoms with Crippen LogP contribution in [0.3, 0.4) is 0 Å². The highest BCUT2D eigenvalue weighted by Crippen LogP contribution is 2.19. The molecule has 14 heavy (non-hydrogen) atoms. The summed E-state index contributed by atoms with van der Waals surface area (Å²) in [7, 11) is 0. The molecule has 3 nitrogen and oxygen atoms in total. The van der Waals surface area contributed by atoms with Crippen molar-refractivity contribution in [3.63, 3.8) is 0 Å². The van der Waals surface area contributed by atoms with Gasteiger partial charge in [0, 0.05) is 5.69 Å². The highest BCUT2D eigenvalue weighted by Gasteiger charge is 2.03. The van der Waals surface area contributed by atoms with Crippen LogP contribution in [0.25, 0.3) is 5.57 Å². The van der Waals surface area contributed by atoms with E-state index in [0.29, 0.717) is 11.3 Å². The number of nitrogen functional groups attached to an aromatic ring is 1. The van der Waals surface area contributed by atoms with Crippen LogP contribution in [0.5, 0.6) is 0 Å². The molecule has 1 aromatic carbocycles. The van der Waals surface area contributed by atoms with Gasteiger partial charge >= 0.3 is 0 Å². The SMILES string of the molecule is CC(=C(C#N)C#N)c1cccc(N)c1. The van der Waals surface area contributed by atoms with E-state index in [4.69, 9.17) is 16.3 Å². The van der Waals surface area contributed by atoms with Crippen molar-refractivity contribution >= 4 is 11.3 Å². The molecular formula is C11H9N3. The Morgan fingerprint density at radius 2 is 1.93 bits per heavy atom. The third-order valence-electron chi connectivity index (χ3n) is 1.92. The number of hydrogen-bond donors (Lipinski definition) is 1. The maximum atomic E-state index is 8.67. The maximum absolute atomic E-state index is 8.67.